The van der Waals surface area contributed by atoms with Gasteiger partial charge in [-0.05, 0) is 75.5 Å². The van der Waals surface area contributed by atoms with Crippen molar-refractivity contribution in [3.63, 3.8) is 0 Å². The van der Waals surface area contributed by atoms with Gasteiger partial charge in [-0.15, -0.1) is 0 Å². The third-order valence-electron chi connectivity index (χ3n) is 10.8. The molecule has 9 aromatic rings. The number of hydrogen-bond donors (Lipinski definition) is 0. The summed E-state index contributed by atoms with van der Waals surface area (Å²) in [6.45, 7) is 13.7. The second-order valence-corrected chi connectivity index (χ2v) is 16.3. The lowest BCUT2D eigenvalue weighted by Gasteiger charge is -2.21. The molecule has 0 amide bonds. The lowest BCUT2D eigenvalue weighted by atomic mass is 9.87. The topological polar surface area (TPSA) is 9.86 Å². The first-order chi connectivity index (χ1) is 25.1. The molecule has 0 aliphatic carbocycles. The summed E-state index contributed by atoms with van der Waals surface area (Å²) in [5.41, 5.74) is 14.9. The van der Waals surface area contributed by atoms with E-state index < -0.39 is 0 Å². The predicted molar refractivity (Wildman–Crippen MR) is 223 cm³/mol. The molecule has 0 saturated heterocycles. The molecule has 0 radical (unpaired) electrons. The normalized spacial score (nSPS) is 12.4. The minimum atomic E-state index is 0.0451. The van der Waals surface area contributed by atoms with Gasteiger partial charge in [-0.25, -0.2) is 0 Å². The van der Waals surface area contributed by atoms with Crippen LogP contribution in [0.3, 0.4) is 0 Å². The molecule has 2 heteroatoms. The van der Waals surface area contributed by atoms with Crippen LogP contribution in [0.15, 0.2) is 158 Å². The number of fused-ring (bicyclic) bond motifs is 6. The molecule has 7 aromatic carbocycles. The molecule has 0 N–H and O–H groups in total. The van der Waals surface area contributed by atoms with Crippen molar-refractivity contribution in [1.29, 1.82) is 0 Å². The molecule has 52 heavy (non-hydrogen) atoms. The summed E-state index contributed by atoms with van der Waals surface area (Å²) >= 11 is 0. The van der Waals surface area contributed by atoms with Crippen LogP contribution in [-0.4, -0.2) is 9.13 Å². The van der Waals surface area contributed by atoms with Gasteiger partial charge in [0, 0.05) is 44.0 Å². The van der Waals surface area contributed by atoms with Gasteiger partial charge in [0.05, 0.1) is 22.1 Å². The van der Waals surface area contributed by atoms with E-state index in [1.54, 1.807) is 0 Å². The van der Waals surface area contributed by atoms with Crippen LogP contribution in [-0.2, 0) is 10.8 Å². The molecule has 0 spiro atoms. The number of hydrogen-bond acceptors (Lipinski definition) is 0. The molecule has 0 aliphatic rings. The summed E-state index contributed by atoms with van der Waals surface area (Å²) in [7, 11) is 0. The van der Waals surface area contributed by atoms with E-state index in [1.165, 1.54) is 88.4 Å². The van der Waals surface area contributed by atoms with E-state index in [4.69, 9.17) is 0 Å². The number of nitrogens with zero attached hydrogens (tertiary/aromatic N) is 2. The molecular weight excluding hydrogens is 629 g/mol. The van der Waals surface area contributed by atoms with E-state index in [1.807, 2.05) is 0 Å². The number of benzene rings is 7. The molecule has 0 saturated carbocycles. The molecule has 0 fully saturated rings. The van der Waals surface area contributed by atoms with Crippen LogP contribution in [0, 0.1) is 0 Å². The largest absolute Gasteiger partial charge is 0.309 e. The summed E-state index contributed by atoms with van der Waals surface area (Å²) < 4.78 is 4.95. The molecule has 254 valence electrons. The lowest BCUT2D eigenvalue weighted by Crippen LogP contribution is -2.11. The first kappa shape index (κ1) is 32.1. The Hall–Kier alpha value is -5.86. The average Bonchev–Trinajstić information content (AvgIpc) is 3.68. The van der Waals surface area contributed by atoms with Crippen molar-refractivity contribution in [3.8, 4) is 33.6 Å². The maximum atomic E-state index is 2.47. The second kappa shape index (κ2) is 11.9. The summed E-state index contributed by atoms with van der Waals surface area (Å²) in [4.78, 5) is 0. The number of para-hydroxylation sites is 4. The highest BCUT2D eigenvalue weighted by atomic mass is 15.0. The number of rotatable bonds is 4. The SMILES string of the molecule is CC(C)(C)c1cccc(-n2c3ccccc3c3cccc(-c4cccc(-c5cccc6c7ccccc7n(-c7cccc(C(C)(C)C)c7)c56)c4)c32)c1. The molecule has 9 rings (SSSR count). The molecule has 0 atom stereocenters. The average molecular weight is 673 g/mol. The van der Waals surface area contributed by atoms with Gasteiger partial charge >= 0.3 is 0 Å². The van der Waals surface area contributed by atoms with Crippen molar-refractivity contribution < 1.29 is 0 Å². The van der Waals surface area contributed by atoms with Crippen molar-refractivity contribution in [2.45, 2.75) is 52.4 Å². The van der Waals surface area contributed by atoms with Crippen LogP contribution in [0.25, 0.3) is 77.2 Å². The fourth-order valence-corrected chi connectivity index (χ4v) is 8.12. The molecule has 2 nitrogen and oxygen atoms in total. The Morgan fingerprint density at radius 3 is 1.17 bits per heavy atom. The van der Waals surface area contributed by atoms with Crippen LogP contribution in [0.1, 0.15) is 52.7 Å². The Bertz CT molecular complexity index is 2620. The minimum absolute atomic E-state index is 0.0451. The Kier molecular flexibility index (Phi) is 7.31. The maximum Gasteiger partial charge on any atom is 0.0619 e. The van der Waals surface area contributed by atoms with Crippen molar-refractivity contribution in [1.82, 2.24) is 9.13 Å². The zero-order valence-electron chi connectivity index (χ0n) is 30.9. The molecule has 0 bridgehead atoms. The number of aromatic nitrogens is 2. The lowest BCUT2D eigenvalue weighted by molar-refractivity contribution is 0.589. The zero-order valence-corrected chi connectivity index (χ0v) is 30.9. The van der Waals surface area contributed by atoms with Crippen LogP contribution < -0.4 is 0 Å². The fourth-order valence-electron chi connectivity index (χ4n) is 8.12. The van der Waals surface area contributed by atoms with Gasteiger partial charge in [0.15, 0.2) is 0 Å². The highest BCUT2D eigenvalue weighted by Gasteiger charge is 2.21. The minimum Gasteiger partial charge on any atom is -0.309 e. The van der Waals surface area contributed by atoms with Crippen molar-refractivity contribution in [2.75, 3.05) is 0 Å². The third-order valence-corrected chi connectivity index (χ3v) is 10.8. The van der Waals surface area contributed by atoms with Gasteiger partial charge in [0.2, 0.25) is 0 Å². The molecule has 0 unspecified atom stereocenters. The quantitative estimate of drug-likeness (QED) is 0.176. The third kappa shape index (κ3) is 5.16. The first-order valence-electron chi connectivity index (χ1n) is 18.4. The summed E-state index contributed by atoms with van der Waals surface area (Å²) in [5.74, 6) is 0. The van der Waals surface area contributed by atoms with Gasteiger partial charge in [-0.3, -0.25) is 0 Å². The van der Waals surface area contributed by atoms with Crippen LogP contribution in [0.4, 0.5) is 0 Å². The molecule has 2 aromatic heterocycles. The highest BCUT2D eigenvalue weighted by molar-refractivity contribution is 6.15. The van der Waals surface area contributed by atoms with E-state index >= 15 is 0 Å². The van der Waals surface area contributed by atoms with Crippen LogP contribution in [0.2, 0.25) is 0 Å². The van der Waals surface area contributed by atoms with Crippen LogP contribution in [0.5, 0.6) is 0 Å². The Labute approximate surface area is 306 Å². The Morgan fingerprint density at radius 1 is 0.346 bits per heavy atom. The Balaban J connectivity index is 1.30. The second-order valence-electron chi connectivity index (χ2n) is 16.3. The van der Waals surface area contributed by atoms with E-state index in [2.05, 4.69) is 208 Å². The van der Waals surface area contributed by atoms with E-state index in [0.717, 1.165) is 0 Å². The monoisotopic (exact) mass is 672 g/mol. The standard InChI is InChI=1S/C50H44N2/c1-49(2,3)35-18-12-20-37(31-35)51-45-28-9-7-22-41(45)43-26-14-24-39(47(43)51)33-16-11-17-34(30-33)40-25-15-27-44-42-23-8-10-29-46(42)52(48(40)44)38-21-13-19-36(32-38)50(4,5)6/h7-32H,1-6H3. The maximum absolute atomic E-state index is 2.47. The Morgan fingerprint density at radius 2 is 0.731 bits per heavy atom. The molecule has 2 heterocycles. The summed E-state index contributed by atoms with van der Waals surface area (Å²) in [6, 6.07) is 58.5. The molecule has 0 aliphatic heterocycles. The van der Waals surface area contributed by atoms with E-state index in [-0.39, 0.29) is 10.8 Å². The van der Waals surface area contributed by atoms with Crippen molar-refractivity contribution in [3.05, 3.63) is 169 Å². The van der Waals surface area contributed by atoms with E-state index in [9.17, 15) is 0 Å². The van der Waals surface area contributed by atoms with Gasteiger partial charge in [-0.1, -0.05) is 157 Å². The zero-order chi connectivity index (χ0) is 35.8. The van der Waals surface area contributed by atoms with Crippen LogP contribution >= 0.6 is 0 Å². The van der Waals surface area contributed by atoms with Crippen molar-refractivity contribution in [2.24, 2.45) is 0 Å². The predicted octanol–water partition coefficient (Wildman–Crippen LogP) is 13.8. The van der Waals surface area contributed by atoms with Crippen molar-refractivity contribution >= 4 is 43.6 Å². The smallest absolute Gasteiger partial charge is 0.0619 e. The van der Waals surface area contributed by atoms with Gasteiger partial charge in [0.1, 0.15) is 0 Å². The fraction of sp³-hybridized carbons (Fsp3) is 0.160. The van der Waals surface area contributed by atoms with Gasteiger partial charge < -0.3 is 9.13 Å². The highest BCUT2D eigenvalue weighted by Crippen LogP contribution is 2.42. The summed E-state index contributed by atoms with van der Waals surface area (Å²) in [5, 5.41) is 5.06. The first-order valence-corrected chi connectivity index (χ1v) is 18.4. The van der Waals surface area contributed by atoms with Gasteiger partial charge in [-0.2, -0.15) is 0 Å². The van der Waals surface area contributed by atoms with Gasteiger partial charge in [0.25, 0.3) is 0 Å². The summed E-state index contributed by atoms with van der Waals surface area (Å²) in [6.07, 6.45) is 0. The van der Waals surface area contributed by atoms with E-state index in [0.29, 0.717) is 0 Å². The molecular formula is C50H44N2.